The molecule has 17 heavy (non-hydrogen) atoms. The number of rotatable bonds is 3. The molecule has 96 valence electrons. The van der Waals surface area contributed by atoms with Gasteiger partial charge in [0.15, 0.2) is 0 Å². The zero-order chi connectivity index (χ0) is 12.4. The van der Waals surface area contributed by atoms with Crippen LogP contribution in [-0.4, -0.2) is 49.1 Å². The highest BCUT2D eigenvalue weighted by Crippen LogP contribution is 2.17. The fourth-order valence-electron chi connectivity index (χ4n) is 2.37. The Morgan fingerprint density at radius 3 is 2.82 bits per heavy atom. The molecule has 5 heteroatoms. The van der Waals surface area contributed by atoms with Crippen molar-refractivity contribution in [3.63, 3.8) is 0 Å². The van der Waals surface area contributed by atoms with Crippen LogP contribution in [0.4, 0.5) is 0 Å². The summed E-state index contributed by atoms with van der Waals surface area (Å²) in [4.78, 5) is 25.4. The van der Waals surface area contributed by atoms with Crippen molar-refractivity contribution in [2.24, 2.45) is 11.8 Å². The summed E-state index contributed by atoms with van der Waals surface area (Å²) in [5.41, 5.74) is 0. The van der Waals surface area contributed by atoms with Crippen LogP contribution in [-0.2, 0) is 14.3 Å². The van der Waals surface area contributed by atoms with Crippen LogP contribution >= 0.6 is 0 Å². The Labute approximate surface area is 101 Å². The highest BCUT2D eigenvalue weighted by atomic mass is 16.5. The monoisotopic (exact) mass is 240 g/mol. The molecular weight excluding hydrogens is 220 g/mol. The molecule has 0 aromatic heterocycles. The van der Waals surface area contributed by atoms with Crippen molar-refractivity contribution in [2.75, 3.05) is 26.3 Å². The predicted molar refractivity (Wildman–Crippen MR) is 62.3 cm³/mol. The lowest BCUT2D eigenvalue weighted by molar-refractivity contribution is -0.146. The number of carbonyl (C=O) groups is 2. The van der Waals surface area contributed by atoms with E-state index in [1.165, 1.54) is 0 Å². The molecule has 2 rings (SSSR count). The topological polar surface area (TPSA) is 58.6 Å². The number of carbonyl (C=O) groups excluding carboxylic acids is 2. The van der Waals surface area contributed by atoms with Crippen molar-refractivity contribution in [3.8, 4) is 0 Å². The first kappa shape index (κ1) is 12.4. The average Bonchev–Trinajstić information content (AvgIpc) is 2.75. The molecule has 0 bridgehead atoms. The Kier molecular flexibility index (Phi) is 3.66. The molecule has 0 saturated carbocycles. The fourth-order valence-corrected chi connectivity index (χ4v) is 2.37. The van der Waals surface area contributed by atoms with Gasteiger partial charge in [0, 0.05) is 19.1 Å². The second-order valence-corrected chi connectivity index (χ2v) is 5.24. The number of nitrogens with one attached hydrogen (secondary N) is 1. The van der Waals surface area contributed by atoms with Crippen molar-refractivity contribution < 1.29 is 14.3 Å². The minimum atomic E-state index is -0.362. The zero-order valence-corrected chi connectivity index (χ0v) is 10.4. The maximum Gasteiger partial charge on any atom is 0.245 e. The summed E-state index contributed by atoms with van der Waals surface area (Å²) in [7, 11) is 0. The Morgan fingerprint density at radius 1 is 1.47 bits per heavy atom. The number of hydrogen-bond donors (Lipinski definition) is 1. The highest BCUT2D eigenvalue weighted by Gasteiger charge is 2.35. The molecule has 0 radical (unpaired) electrons. The molecule has 0 spiro atoms. The molecule has 2 aliphatic heterocycles. The largest absolute Gasteiger partial charge is 0.381 e. The van der Waals surface area contributed by atoms with Crippen LogP contribution < -0.4 is 5.32 Å². The molecule has 2 aliphatic rings. The van der Waals surface area contributed by atoms with E-state index < -0.39 is 0 Å². The fraction of sp³-hybridized carbons (Fsp3) is 0.833. The SMILES string of the molecule is CC(C)C1NC(=O)CN(CC2CCOC2)C1=O. The molecular formula is C12H20N2O3. The van der Waals surface area contributed by atoms with Gasteiger partial charge < -0.3 is 15.0 Å². The zero-order valence-electron chi connectivity index (χ0n) is 10.4. The molecule has 0 aromatic carbocycles. The van der Waals surface area contributed by atoms with Gasteiger partial charge in [0.1, 0.15) is 6.04 Å². The van der Waals surface area contributed by atoms with Gasteiger partial charge in [-0.2, -0.15) is 0 Å². The van der Waals surface area contributed by atoms with Crippen LogP contribution in [0.25, 0.3) is 0 Å². The van der Waals surface area contributed by atoms with Crippen molar-refractivity contribution in [1.82, 2.24) is 10.2 Å². The number of piperazine rings is 1. The molecule has 2 amide bonds. The molecule has 2 heterocycles. The lowest BCUT2D eigenvalue weighted by Crippen LogP contribution is -2.60. The Hall–Kier alpha value is -1.10. The smallest absolute Gasteiger partial charge is 0.245 e. The summed E-state index contributed by atoms with van der Waals surface area (Å²) in [5, 5.41) is 2.76. The van der Waals surface area contributed by atoms with Crippen LogP contribution in [0, 0.1) is 11.8 Å². The summed E-state index contributed by atoms with van der Waals surface area (Å²) < 4.78 is 5.30. The highest BCUT2D eigenvalue weighted by molar-refractivity contribution is 5.94. The van der Waals surface area contributed by atoms with Crippen LogP contribution in [0.3, 0.4) is 0 Å². The average molecular weight is 240 g/mol. The minimum Gasteiger partial charge on any atom is -0.381 e. The van der Waals surface area contributed by atoms with E-state index in [4.69, 9.17) is 4.74 Å². The van der Waals surface area contributed by atoms with Gasteiger partial charge in [-0.25, -0.2) is 0 Å². The van der Waals surface area contributed by atoms with Gasteiger partial charge in [-0.1, -0.05) is 13.8 Å². The second kappa shape index (κ2) is 5.04. The molecule has 1 N–H and O–H groups in total. The van der Waals surface area contributed by atoms with Crippen LogP contribution in [0.1, 0.15) is 20.3 Å². The van der Waals surface area contributed by atoms with Crippen LogP contribution in [0.5, 0.6) is 0 Å². The van der Waals surface area contributed by atoms with E-state index in [9.17, 15) is 9.59 Å². The third-order valence-corrected chi connectivity index (χ3v) is 3.40. The van der Waals surface area contributed by atoms with Gasteiger partial charge in [0.25, 0.3) is 0 Å². The second-order valence-electron chi connectivity index (χ2n) is 5.24. The molecule has 5 nitrogen and oxygen atoms in total. The quantitative estimate of drug-likeness (QED) is 0.756. The molecule has 2 saturated heterocycles. The van der Waals surface area contributed by atoms with E-state index >= 15 is 0 Å². The van der Waals surface area contributed by atoms with Gasteiger partial charge in [0.2, 0.25) is 11.8 Å². The lowest BCUT2D eigenvalue weighted by atomic mass is 9.99. The minimum absolute atomic E-state index is 0.0477. The number of ether oxygens (including phenoxy) is 1. The number of nitrogens with zero attached hydrogens (tertiary/aromatic N) is 1. The van der Waals surface area contributed by atoms with E-state index in [0.717, 1.165) is 13.0 Å². The third-order valence-electron chi connectivity index (χ3n) is 3.40. The van der Waals surface area contributed by atoms with Crippen molar-refractivity contribution in [2.45, 2.75) is 26.3 Å². The summed E-state index contributed by atoms with van der Waals surface area (Å²) >= 11 is 0. The van der Waals surface area contributed by atoms with E-state index in [2.05, 4.69) is 5.32 Å². The standard InChI is InChI=1S/C12H20N2O3/c1-8(2)11-12(16)14(6-10(15)13-11)5-9-3-4-17-7-9/h8-9,11H,3-7H2,1-2H3,(H,13,15). The van der Waals surface area contributed by atoms with Gasteiger partial charge >= 0.3 is 0 Å². The molecule has 2 atom stereocenters. The first-order chi connectivity index (χ1) is 8.08. The summed E-state index contributed by atoms with van der Waals surface area (Å²) in [6.45, 7) is 6.22. The lowest BCUT2D eigenvalue weighted by Gasteiger charge is -2.35. The Bertz CT molecular complexity index is 311. The maximum absolute atomic E-state index is 12.2. The summed E-state index contributed by atoms with van der Waals surface area (Å²) in [6, 6.07) is -0.362. The van der Waals surface area contributed by atoms with E-state index in [1.54, 1.807) is 4.90 Å². The van der Waals surface area contributed by atoms with Gasteiger partial charge in [-0.05, 0) is 12.3 Å². The van der Waals surface area contributed by atoms with Crippen LogP contribution in [0.2, 0.25) is 0 Å². The van der Waals surface area contributed by atoms with Crippen molar-refractivity contribution in [3.05, 3.63) is 0 Å². The molecule has 0 aliphatic carbocycles. The molecule has 0 aromatic rings. The normalized spacial score (nSPS) is 29.9. The molecule has 2 unspecified atom stereocenters. The summed E-state index contributed by atoms with van der Waals surface area (Å²) in [5.74, 6) is 0.514. The Balaban J connectivity index is 1.99. The third kappa shape index (κ3) is 2.77. The Morgan fingerprint density at radius 2 is 2.24 bits per heavy atom. The molecule has 2 fully saturated rings. The van der Waals surface area contributed by atoms with E-state index in [1.807, 2.05) is 13.8 Å². The first-order valence-electron chi connectivity index (χ1n) is 6.24. The van der Waals surface area contributed by atoms with Gasteiger partial charge in [-0.15, -0.1) is 0 Å². The number of amides is 2. The predicted octanol–water partition coefficient (Wildman–Crippen LogP) is 0.00590. The maximum atomic E-state index is 12.2. The first-order valence-corrected chi connectivity index (χ1v) is 6.24. The van der Waals surface area contributed by atoms with Crippen LogP contribution in [0.15, 0.2) is 0 Å². The van der Waals surface area contributed by atoms with E-state index in [0.29, 0.717) is 19.1 Å². The van der Waals surface area contributed by atoms with Gasteiger partial charge in [-0.3, -0.25) is 9.59 Å². The van der Waals surface area contributed by atoms with E-state index in [-0.39, 0.29) is 30.3 Å². The number of hydrogen-bond acceptors (Lipinski definition) is 3. The van der Waals surface area contributed by atoms with Gasteiger partial charge in [0.05, 0.1) is 13.2 Å². The van der Waals surface area contributed by atoms with Crippen molar-refractivity contribution >= 4 is 11.8 Å². The summed E-state index contributed by atoms with van der Waals surface area (Å²) in [6.07, 6.45) is 0.984. The van der Waals surface area contributed by atoms with Crippen molar-refractivity contribution in [1.29, 1.82) is 0 Å².